The number of anilines is 1. The van der Waals surface area contributed by atoms with E-state index in [1.165, 1.54) is 44.1 Å². The van der Waals surface area contributed by atoms with E-state index in [4.69, 9.17) is 0 Å². The molecule has 2 unspecified atom stereocenters. The molecule has 2 heteroatoms. The van der Waals surface area contributed by atoms with Crippen LogP contribution in [0.2, 0.25) is 0 Å². The highest BCUT2D eigenvalue weighted by molar-refractivity contribution is 6.09. The van der Waals surface area contributed by atoms with Gasteiger partial charge in [0.1, 0.15) is 0 Å². The molecule has 0 spiro atoms. The summed E-state index contributed by atoms with van der Waals surface area (Å²) in [6.45, 7) is 8.98. The highest BCUT2D eigenvalue weighted by atomic mass is 15.0. The summed E-state index contributed by atoms with van der Waals surface area (Å²) in [6.07, 6.45) is 7.58. The molecule has 1 heterocycles. The summed E-state index contributed by atoms with van der Waals surface area (Å²) in [5, 5.41) is 6.61. The average molecular weight is 577 g/mol. The minimum absolute atomic E-state index is 0.00946. The minimum atomic E-state index is -0.00946. The van der Waals surface area contributed by atoms with Crippen molar-refractivity contribution in [3.63, 3.8) is 0 Å². The molecule has 0 amide bonds. The van der Waals surface area contributed by atoms with Gasteiger partial charge in [0.05, 0.1) is 0 Å². The fraction of sp³-hybridized carbons (Fsp3) is 0.238. The first kappa shape index (κ1) is 29.5. The van der Waals surface area contributed by atoms with Crippen molar-refractivity contribution in [1.82, 2.24) is 4.57 Å². The maximum atomic E-state index is 3.99. The van der Waals surface area contributed by atoms with Crippen molar-refractivity contribution >= 4 is 27.5 Å². The molecule has 5 aromatic carbocycles. The van der Waals surface area contributed by atoms with Gasteiger partial charge in [0.25, 0.3) is 0 Å². The highest BCUT2D eigenvalue weighted by Gasteiger charge is 2.23. The smallest absolute Gasteiger partial charge is 0.0496 e. The number of hydrogen-bond donors (Lipinski definition) is 1. The number of rotatable bonds is 10. The molecule has 0 saturated heterocycles. The van der Waals surface area contributed by atoms with Crippen molar-refractivity contribution in [3.8, 4) is 11.1 Å². The number of nitrogens with one attached hydrogen (secondary N) is 1. The molecule has 1 N–H and O–H groups in total. The van der Waals surface area contributed by atoms with E-state index in [9.17, 15) is 0 Å². The Hall–Kier alpha value is -4.56. The van der Waals surface area contributed by atoms with Gasteiger partial charge in [-0.25, -0.2) is 0 Å². The van der Waals surface area contributed by atoms with Gasteiger partial charge in [-0.05, 0) is 99.5 Å². The third kappa shape index (κ3) is 6.36. The second-order valence-corrected chi connectivity index (χ2v) is 12.9. The summed E-state index contributed by atoms with van der Waals surface area (Å²) in [4.78, 5) is 0. The first-order chi connectivity index (χ1) is 21.4. The molecule has 0 bridgehead atoms. The molecule has 0 saturated carbocycles. The van der Waals surface area contributed by atoms with Gasteiger partial charge in [-0.1, -0.05) is 109 Å². The molecule has 6 rings (SSSR count). The number of allylic oxidation sites excluding steroid dienone is 1. The Morgan fingerprint density at radius 3 is 2.11 bits per heavy atom. The maximum Gasteiger partial charge on any atom is 0.0496 e. The van der Waals surface area contributed by atoms with Gasteiger partial charge >= 0.3 is 0 Å². The molecular weight excluding hydrogens is 532 g/mol. The molecule has 2 nitrogen and oxygen atoms in total. The third-order valence-electron chi connectivity index (χ3n) is 8.82. The molecular formula is C42H44N2. The van der Waals surface area contributed by atoms with Crippen molar-refractivity contribution in [2.45, 2.75) is 64.5 Å². The van der Waals surface area contributed by atoms with E-state index >= 15 is 0 Å². The van der Waals surface area contributed by atoms with Crippen molar-refractivity contribution in [2.24, 2.45) is 0 Å². The lowest BCUT2D eigenvalue weighted by molar-refractivity contribution is 0.423. The highest BCUT2D eigenvalue weighted by Crippen LogP contribution is 2.37. The molecule has 0 radical (unpaired) electrons. The van der Waals surface area contributed by atoms with Crippen LogP contribution in [0, 0.1) is 0 Å². The first-order valence-corrected chi connectivity index (χ1v) is 16.0. The number of fused-ring (bicyclic) bond motifs is 3. The topological polar surface area (TPSA) is 17.0 Å². The van der Waals surface area contributed by atoms with E-state index in [1.54, 1.807) is 0 Å². The summed E-state index contributed by atoms with van der Waals surface area (Å²) in [5.74, 6) is 0.371. The van der Waals surface area contributed by atoms with E-state index in [0.717, 1.165) is 24.9 Å². The van der Waals surface area contributed by atoms with Crippen molar-refractivity contribution in [3.05, 3.63) is 151 Å². The summed E-state index contributed by atoms with van der Waals surface area (Å²) < 4.78 is 2.48. The van der Waals surface area contributed by atoms with Gasteiger partial charge in [0.15, 0.2) is 0 Å². The monoisotopic (exact) mass is 576 g/mol. The lowest BCUT2D eigenvalue weighted by Gasteiger charge is -2.29. The molecule has 0 aliphatic carbocycles. The van der Waals surface area contributed by atoms with Gasteiger partial charge in [0.2, 0.25) is 0 Å². The summed E-state index contributed by atoms with van der Waals surface area (Å²) in [6, 6.07) is 46.9. The van der Waals surface area contributed by atoms with Crippen LogP contribution in [-0.2, 0) is 12.0 Å². The Balaban J connectivity index is 1.34. The van der Waals surface area contributed by atoms with Crippen molar-refractivity contribution in [2.75, 3.05) is 5.32 Å². The van der Waals surface area contributed by atoms with E-state index < -0.39 is 0 Å². The second-order valence-electron chi connectivity index (χ2n) is 12.9. The Bertz CT molecular complexity index is 1860. The van der Waals surface area contributed by atoms with Crippen LogP contribution in [-0.4, -0.2) is 10.6 Å². The van der Waals surface area contributed by atoms with Crippen LogP contribution < -0.4 is 5.32 Å². The molecule has 44 heavy (non-hydrogen) atoms. The van der Waals surface area contributed by atoms with Crippen LogP contribution in [0.25, 0.3) is 32.9 Å². The standard InChI is InChI=1S/C42H44N2/c1-5-6-23-39(36(32-18-11-8-12-19-32)27-25-31-16-9-7-10-17-31)43-35-21-15-20-33(29-35)34-26-28-41-38(30-34)37-22-13-14-24-40(37)44(41)42(2,3)4/h5-22,24,26,28-30,36,39,43H,23,25,27H2,1-4H3/b6-5-. The zero-order chi connectivity index (χ0) is 30.5. The van der Waals surface area contributed by atoms with Crippen LogP contribution >= 0.6 is 0 Å². The summed E-state index contributed by atoms with van der Waals surface area (Å²) in [5.41, 5.74) is 8.98. The van der Waals surface area contributed by atoms with E-state index in [1.807, 2.05) is 0 Å². The number of nitrogens with zero attached hydrogens (tertiary/aromatic N) is 1. The van der Waals surface area contributed by atoms with Gasteiger partial charge in [-0.3, -0.25) is 0 Å². The Labute approximate surface area is 263 Å². The lowest BCUT2D eigenvalue weighted by Crippen LogP contribution is -2.28. The molecule has 1 aromatic heterocycles. The second kappa shape index (κ2) is 13.0. The van der Waals surface area contributed by atoms with Gasteiger partial charge in [-0.15, -0.1) is 0 Å². The van der Waals surface area contributed by atoms with Gasteiger partial charge < -0.3 is 9.88 Å². The minimum Gasteiger partial charge on any atom is -0.381 e. The van der Waals surface area contributed by atoms with Crippen LogP contribution in [0.4, 0.5) is 5.69 Å². The molecule has 222 valence electrons. The van der Waals surface area contributed by atoms with Crippen molar-refractivity contribution in [1.29, 1.82) is 0 Å². The zero-order valence-electron chi connectivity index (χ0n) is 26.5. The summed E-state index contributed by atoms with van der Waals surface area (Å²) >= 11 is 0. The van der Waals surface area contributed by atoms with E-state index in [2.05, 4.69) is 177 Å². The van der Waals surface area contributed by atoms with Gasteiger partial charge in [0, 0.05) is 45.0 Å². The molecule has 6 aromatic rings. The predicted molar refractivity (Wildman–Crippen MR) is 191 cm³/mol. The zero-order valence-corrected chi connectivity index (χ0v) is 26.5. The fourth-order valence-electron chi connectivity index (χ4n) is 6.75. The SMILES string of the molecule is C/C=C\CC(Nc1cccc(-c2ccc3c(c2)c2ccccc2n3C(C)(C)C)c1)C(CCc1ccccc1)c1ccccc1. The van der Waals surface area contributed by atoms with Crippen molar-refractivity contribution < 1.29 is 0 Å². The quantitative estimate of drug-likeness (QED) is 0.161. The number of para-hydroxylation sites is 1. The number of hydrogen-bond acceptors (Lipinski definition) is 1. The van der Waals surface area contributed by atoms with E-state index in [0.29, 0.717) is 5.92 Å². The van der Waals surface area contributed by atoms with E-state index in [-0.39, 0.29) is 11.6 Å². The molecule has 0 aliphatic heterocycles. The molecule has 0 aliphatic rings. The van der Waals surface area contributed by atoms with Crippen LogP contribution in [0.3, 0.4) is 0 Å². The maximum absolute atomic E-state index is 3.99. The normalized spacial score (nSPS) is 13.5. The number of aryl methyl sites for hydroxylation is 1. The Morgan fingerprint density at radius 1 is 0.682 bits per heavy atom. The van der Waals surface area contributed by atoms with Crippen LogP contribution in [0.5, 0.6) is 0 Å². The third-order valence-corrected chi connectivity index (χ3v) is 8.82. The molecule has 2 atom stereocenters. The average Bonchev–Trinajstić information content (AvgIpc) is 3.39. The fourth-order valence-corrected chi connectivity index (χ4v) is 6.75. The number of benzene rings is 5. The lowest BCUT2D eigenvalue weighted by atomic mass is 9.84. The van der Waals surface area contributed by atoms with Gasteiger partial charge in [-0.2, -0.15) is 0 Å². The summed E-state index contributed by atoms with van der Waals surface area (Å²) in [7, 11) is 0. The van der Waals surface area contributed by atoms with Crippen LogP contribution in [0.1, 0.15) is 57.6 Å². The Kier molecular flexibility index (Phi) is 8.70. The number of aromatic nitrogens is 1. The predicted octanol–water partition coefficient (Wildman–Crippen LogP) is 11.4. The Morgan fingerprint density at radius 2 is 1.36 bits per heavy atom. The first-order valence-electron chi connectivity index (χ1n) is 16.0. The molecule has 0 fully saturated rings. The van der Waals surface area contributed by atoms with Crippen LogP contribution in [0.15, 0.2) is 140 Å². The largest absolute Gasteiger partial charge is 0.381 e.